The van der Waals surface area contributed by atoms with Gasteiger partial charge in [0.1, 0.15) is 25.0 Å². The molecule has 3 aromatic rings. The van der Waals surface area contributed by atoms with Crippen LogP contribution in [0.1, 0.15) is 18.5 Å². The van der Waals surface area contributed by atoms with Crippen LogP contribution in [0.15, 0.2) is 42.7 Å². The van der Waals surface area contributed by atoms with Crippen molar-refractivity contribution in [2.24, 2.45) is 0 Å². The average molecular weight is 493 g/mol. The molecule has 1 N–H and O–H groups in total. The van der Waals surface area contributed by atoms with Gasteiger partial charge in [0.2, 0.25) is 11.8 Å². The van der Waals surface area contributed by atoms with Gasteiger partial charge in [-0.3, -0.25) is 4.90 Å². The number of aromatic nitrogens is 4. The van der Waals surface area contributed by atoms with Crippen molar-refractivity contribution in [3.05, 3.63) is 48.4 Å². The summed E-state index contributed by atoms with van der Waals surface area (Å²) >= 11 is 0. The van der Waals surface area contributed by atoms with Gasteiger partial charge in [-0.2, -0.15) is 5.26 Å². The highest BCUT2D eigenvalue weighted by atomic mass is 19.1. The molecule has 5 heterocycles. The normalized spacial score (nSPS) is 19.9. The van der Waals surface area contributed by atoms with Gasteiger partial charge in [-0.1, -0.05) is 0 Å². The first kappa shape index (κ1) is 23.8. The number of rotatable bonds is 8. The molecule has 2 fully saturated rings. The highest BCUT2D eigenvalue weighted by Crippen LogP contribution is 2.27. The van der Waals surface area contributed by atoms with Crippen LogP contribution in [0, 0.1) is 11.3 Å². The molecule has 2 aliphatic heterocycles. The minimum Gasteiger partial charge on any atom is -0.476 e. The van der Waals surface area contributed by atoms with Gasteiger partial charge in [0.15, 0.2) is 5.69 Å². The summed E-state index contributed by atoms with van der Waals surface area (Å²) in [5.74, 6) is 0.832. The molecule has 2 saturated heterocycles. The van der Waals surface area contributed by atoms with E-state index in [2.05, 4.69) is 31.3 Å². The van der Waals surface area contributed by atoms with Gasteiger partial charge >= 0.3 is 0 Å². The van der Waals surface area contributed by atoms with Gasteiger partial charge in [-0.25, -0.2) is 28.7 Å². The lowest BCUT2D eigenvalue weighted by atomic mass is 10.2. The van der Waals surface area contributed by atoms with E-state index in [1.165, 1.54) is 0 Å². The van der Waals surface area contributed by atoms with E-state index in [0.717, 1.165) is 6.54 Å². The highest BCUT2D eigenvalue weighted by molar-refractivity contribution is 5.65. The maximum atomic E-state index is 13.6. The van der Waals surface area contributed by atoms with Crippen molar-refractivity contribution in [3.63, 3.8) is 0 Å². The predicted molar refractivity (Wildman–Crippen MR) is 131 cm³/mol. The van der Waals surface area contributed by atoms with Crippen LogP contribution < -0.4 is 15.0 Å². The summed E-state index contributed by atoms with van der Waals surface area (Å²) in [5, 5.41) is 12.7. The van der Waals surface area contributed by atoms with Crippen LogP contribution in [0.25, 0.3) is 11.4 Å². The summed E-state index contributed by atoms with van der Waals surface area (Å²) in [4.78, 5) is 21.4. The van der Waals surface area contributed by atoms with Crippen molar-refractivity contribution in [2.75, 3.05) is 49.5 Å². The van der Waals surface area contributed by atoms with Crippen LogP contribution in [-0.4, -0.2) is 76.5 Å². The summed E-state index contributed by atoms with van der Waals surface area (Å²) in [6.45, 7) is 3.17. The second-order valence-corrected chi connectivity index (χ2v) is 8.82. The molecule has 2 unspecified atom stereocenters. The molecule has 0 aromatic carbocycles. The fourth-order valence-corrected chi connectivity index (χ4v) is 4.37. The molecule has 36 heavy (non-hydrogen) atoms. The van der Waals surface area contributed by atoms with Gasteiger partial charge in [0, 0.05) is 45.0 Å². The Bertz CT molecular complexity index is 1240. The van der Waals surface area contributed by atoms with E-state index in [9.17, 15) is 14.0 Å². The van der Waals surface area contributed by atoms with Gasteiger partial charge in [-0.05, 0) is 37.1 Å². The molecule has 5 rings (SSSR count). The van der Waals surface area contributed by atoms with Crippen molar-refractivity contribution in [3.8, 4) is 23.3 Å². The van der Waals surface area contributed by atoms with Crippen LogP contribution in [0.3, 0.4) is 0 Å². The molecule has 0 aliphatic carbocycles. The van der Waals surface area contributed by atoms with Crippen molar-refractivity contribution in [2.45, 2.75) is 25.2 Å². The molecular formula is C25H26F2N8O. The third kappa shape index (κ3) is 5.66. The topological polar surface area (TPSA) is 103 Å². The minimum absolute atomic E-state index is 0.240. The van der Waals surface area contributed by atoms with Crippen molar-refractivity contribution in [1.82, 2.24) is 24.8 Å². The monoisotopic (exact) mass is 492 g/mol. The molecule has 11 heteroatoms. The summed E-state index contributed by atoms with van der Waals surface area (Å²) in [6.07, 6.45) is 2.64. The first-order chi connectivity index (χ1) is 17.6. The summed E-state index contributed by atoms with van der Waals surface area (Å²) < 4.78 is 32.5. The van der Waals surface area contributed by atoms with Gasteiger partial charge in [0.25, 0.3) is 0 Å². The maximum Gasteiger partial charge on any atom is 0.227 e. The Balaban J connectivity index is 1.21. The fourth-order valence-electron chi connectivity index (χ4n) is 4.37. The first-order valence-electron chi connectivity index (χ1n) is 11.9. The number of halogens is 2. The van der Waals surface area contributed by atoms with E-state index in [1.54, 1.807) is 42.7 Å². The fraction of sp³-hybridized carbons (Fsp3) is 0.400. The van der Waals surface area contributed by atoms with E-state index >= 15 is 0 Å². The number of alkyl halides is 2. The number of likely N-dealkylation sites (tertiary alicyclic amines) is 1. The van der Waals surface area contributed by atoms with Crippen LogP contribution in [-0.2, 0) is 0 Å². The standard InChI is InChI=1S/C25H26F2N8O/c26-17-6-9-34(15-17)11-12-36-24-4-1-19(14-30-24)31-25-29-8-5-21(33-25)20-2-3-23(22(13-28)32-20)35-10-7-18(27)16-35/h1-5,8,14,17-18H,6-7,9-12,15-16H2,(H,29,31,33). The number of hydrogen-bond donors (Lipinski definition) is 1. The average Bonchev–Trinajstić information content (AvgIpc) is 3.52. The lowest BCUT2D eigenvalue weighted by Gasteiger charge is -2.18. The van der Waals surface area contributed by atoms with Crippen molar-refractivity contribution >= 4 is 17.3 Å². The molecular weight excluding hydrogens is 466 g/mol. The lowest BCUT2D eigenvalue weighted by Crippen LogP contribution is -2.26. The summed E-state index contributed by atoms with van der Waals surface area (Å²) in [6, 6.07) is 10.9. The molecule has 2 aliphatic rings. The van der Waals surface area contributed by atoms with Crippen LogP contribution >= 0.6 is 0 Å². The Kier molecular flexibility index (Phi) is 7.13. The molecule has 0 saturated carbocycles. The Morgan fingerprint density at radius 3 is 2.56 bits per heavy atom. The number of nitriles is 1. The number of nitrogens with one attached hydrogen (secondary N) is 1. The smallest absolute Gasteiger partial charge is 0.227 e. The van der Waals surface area contributed by atoms with E-state index in [4.69, 9.17) is 4.74 Å². The maximum absolute atomic E-state index is 13.6. The van der Waals surface area contributed by atoms with E-state index < -0.39 is 12.3 Å². The molecule has 9 nitrogen and oxygen atoms in total. The zero-order chi connectivity index (χ0) is 24.9. The second-order valence-electron chi connectivity index (χ2n) is 8.82. The number of nitrogens with zero attached hydrogens (tertiary/aromatic N) is 7. The summed E-state index contributed by atoms with van der Waals surface area (Å²) in [7, 11) is 0. The quantitative estimate of drug-likeness (QED) is 0.506. The van der Waals surface area contributed by atoms with Gasteiger partial charge < -0.3 is 15.0 Å². The van der Waals surface area contributed by atoms with Gasteiger partial charge in [0.05, 0.1) is 29.0 Å². The Morgan fingerprint density at radius 1 is 1.00 bits per heavy atom. The number of hydrogen-bond acceptors (Lipinski definition) is 9. The van der Waals surface area contributed by atoms with Crippen LogP contribution in [0.4, 0.5) is 26.1 Å². The third-order valence-electron chi connectivity index (χ3n) is 6.23. The SMILES string of the molecule is N#Cc1nc(-c2ccnc(Nc3ccc(OCCN4CCC(F)C4)nc3)n2)ccc1N1CCC(F)C1. The van der Waals surface area contributed by atoms with E-state index in [0.29, 0.717) is 73.7 Å². The lowest BCUT2D eigenvalue weighted by molar-refractivity contribution is 0.220. The Hall–Kier alpha value is -3.91. The molecule has 0 bridgehead atoms. The van der Waals surface area contributed by atoms with Crippen LogP contribution in [0.2, 0.25) is 0 Å². The number of pyridine rings is 2. The van der Waals surface area contributed by atoms with Gasteiger partial charge in [-0.15, -0.1) is 0 Å². The molecule has 0 amide bonds. The van der Waals surface area contributed by atoms with Crippen LogP contribution in [0.5, 0.6) is 5.88 Å². The second kappa shape index (κ2) is 10.8. The molecule has 0 radical (unpaired) electrons. The molecule has 2 atom stereocenters. The highest BCUT2D eigenvalue weighted by Gasteiger charge is 2.25. The summed E-state index contributed by atoms with van der Waals surface area (Å²) in [5.41, 5.74) is 2.62. The van der Waals surface area contributed by atoms with Crippen molar-refractivity contribution < 1.29 is 13.5 Å². The number of anilines is 3. The largest absolute Gasteiger partial charge is 0.476 e. The van der Waals surface area contributed by atoms with E-state index in [1.807, 2.05) is 9.80 Å². The zero-order valence-electron chi connectivity index (χ0n) is 19.6. The Morgan fingerprint density at radius 2 is 1.83 bits per heavy atom. The number of ether oxygens (including phenoxy) is 1. The van der Waals surface area contributed by atoms with Crippen molar-refractivity contribution in [1.29, 1.82) is 5.26 Å². The molecule has 0 spiro atoms. The van der Waals surface area contributed by atoms with E-state index in [-0.39, 0.29) is 12.2 Å². The Labute approximate surface area is 207 Å². The third-order valence-corrected chi connectivity index (χ3v) is 6.23. The molecule has 3 aromatic heterocycles. The minimum atomic E-state index is -0.887. The molecule has 186 valence electrons. The zero-order valence-corrected chi connectivity index (χ0v) is 19.6. The predicted octanol–water partition coefficient (Wildman–Crippen LogP) is 3.52. The first-order valence-corrected chi connectivity index (χ1v) is 11.9.